The highest BCUT2D eigenvalue weighted by Gasteiger charge is 2.25. The highest BCUT2D eigenvalue weighted by molar-refractivity contribution is 7.14. The van der Waals surface area contributed by atoms with E-state index in [1.807, 2.05) is 12.1 Å². The van der Waals surface area contributed by atoms with Crippen LogP contribution in [0.4, 0.5) is 16.8 Å². The SMILES string of the molecule is O=C(c1csc(Nc2ncccn2)n1)N1CCN(c2cccc(Cl)c2Cl)CC1. The number of rotatable bonds is 4. The molecule has 1 amide bonds. The predicted molar refractivity (Wildman–Crippen MR) is 112 cm³/mol. The maximum atomic E-state index is 12.8. The molecular formula is C18H16Cl2N6OS. The molecule has 7 nitrogen and oxygen atoms in total. The van der Waals surface area contributed by atoms with E-state index in [2.05, 4.69) is 25.2 Å². The summed E-state index contributed by atoms with van der Waals surface area (Å²) in [6.45, 7) is 2.53. The first-order chi connectivity index (χ1) is 13.6. The van der Waals surface area contributed by atoms with Gasteiger partial charge < -0.3 is 15.1 Å². The summed E-state index contributed by atoms with van der Waals surface area (Å²) in [5, 5.41) is 6.40. The third-order valence-corrected chi connectivity index (χ3v) is 5.91. The Bertz CT molecular complexity index is 975. The zero-order valence-corrected chi connectivity index (χ0v) is 17.0. The van der Waals surface area contributed by atoms with Crippen molar-refractivity contribution >= 4 is 57.2 Å². The van der Waals surface area contributed by atoms with Crippen molar-refractivity contribution in [1.82, 2.24) is 19.9 Å². The largest absolute Gasteiger partial charge is 0.367 e. The summed E-state index contributed by atoms with van der Waals surface area (Å²) in [6.07, 6.45) is 3.28. The molecule has 3 heterocycles. The lowest BCUT2D eigenvalue weighted by atomic mass is 10.2. The minimum absolute atomic E-state index is 0.0879. The van der Waals surface area contributed by atoms with E-state index in [0.717, 1.165) is 5.69 Å². The third-order valence-electron chi connectivity index (χ3n) is 4.35. The second-order valence-electron chi connectivity index (χ2n) is 6.09. The summed E-state index contributed by atoms with van der Waals surface area (Å²) in [5.41, 5.74) is 1.31. The fourth-order valence-electron chi connectivity index (χ4n) is 2.94. The maximum absolute atomic E-state index is 12.8. The number of hydrogen-bond donors (Lipinski definition) is 1. The van der Waals surface area contributed by atoms with Crippen LogP contribution in [0.15, 0.2) is 42.0 Å². The molecule has 0 atom stereocenters. The molecule has 1 aliphatic rings. The lowest BCUT2D eigenvalue weighted by molar-refractivity contribution is 0.0742. The lowest BCUT2D eigenvalue weighted by Gasteiger charge is -2.36. The molecule has 0 bridgehead atoms. The summed E-state index contributed by atoms with van der Waals surface area (Å²) in [5.74, 6) is 0.359. The summed E-state index contributed by atoms with van der Waals surface area (Å²) < 4.78 is 0. The molecule has 0 spiro atoms. The van der Waals surface area contributed by atoms with Gasteiger partial charge in [0.25, 0.3) is 5.91 Å². The van der Waals surface area contributed by atoms with E-state index in [0.29, 0.717) is 53.0 Å². The third kappa shape index (κ3) is 4.04. The number of amides is 1. The van der Waals surface area contributed by atoms with Crippen molar-refractivity contribution in [1.29, 1.82) is 0 Å². The molecule has 2 aromatic heterocycles. The first-order valence-corrected chi connectivity index (χ1v) is 10.2. The van der Waals surface area contributed by atoms with Gasteiger partial charge in [0.2, 0.25) is 5.95 Å². The Kier molecular flexibility index (Phi) is 5.61. The topological polar surface area (TPSA) is 74.2 Å². The van der Waals surface area contributed by atoms with E-state index >= 15 is 0 Å². The maximum Gasteiger partial charge on any atom is 0.273 e. The van der Waals surface area contributed by atoms with Gasteiger partial charge in [0.1, 0.15) is 5.69 Å². The van der Waals surface area contributed by atoms with Gasteiger partial charge in [-0.25, -0.2) is 15.0 Å². The summed E-state index contributed by atoms with van der Waals surface area (Å²) >= 11 is 13.8. The van der Waals surface area contributed by atoms with Crippen LogP contribution in [0.3, 0.4) is 0 Å². The van der Waals surface area contributed by atoms with Crippen LogP contribution in [0.5, 0.6) is 0 Å². The van der Waals surface area contributed by atoms with E-state index < -0.39 is 0 Å². The number of aromatic nitrogens is 3. The normalized spacial score (nSPS) is 14.2. The molecule has 0 saturated carbocycles. The van der Waals surface area contributed by atoms with Gasteiger partial charge in [-0.2, -0.15) is 0 Å². The van der Waals surface area contributed by atoms with Crippen LogP contribution in [0.1, 0.15) is 10.5 Å². The van der Waals surface area contributed by atoms with Crippen LogP contribution in [0.2, 0.25) is 10.0 Å². The minimum atomic E-state index is -0.0879. The molecular weight excluding hydrogens is 419 g/mol. The van der Waals surface area contributed by atoms with Crippen molar-refractivity contribution in [3.05, 3.63) is 57.8 Å². The average Bonchev–Trinajstić information content (AvgIpc) is 3.19. The zero-order chi connectivity index (χ0) is 19.5. The van der Waals surface area contributed by atoms with Gasteiger partial charge in [-0.05, 0) is 18.2 Å². The molecule has 1 fully saturated rings. The van der Waals surface area contributed by atoms with Gasteiger partial charge in [-0.1, -0.05) is 29.3 Å². The number of thiazole rings is 1. The number of hydrogen-bond acceptors (Lipinski definition) is 7. The Balaban J connectivity index is 1.38. The van der Waals surface area contributed by atoms with E-state index in [9.17, 15) is 4.79 Å². The molecule has 1 saturated heterocycles. The number of nitrogens with zero attached hydrogens (tertiary/aromatic N) is 5. The number of benzene rings is 1. The van der Waals surface area contributed by atoms with Crippen LogP contribution in [-0.2, 0) is 0 Å². The van der Waals surface area contributed by atoms with Gasteiger partial charge in [0.05, 0.1) is 15.7 Å². The molecule has 0 unspecified atom stereocenters. The highest BCUT2D eigenvalue weighted by atomic mass is 35.5. The Morgan fingerprint density at radius 1 is 1.07 bits per heavy atom. The second-order valence-corrected chi connectivity index (χ2v) is 7.73. The van der Waals surface area contributed by atoms with Crippen LogP contribution < -0.4 is 10.2 Å². The second kappa shape index (κ2) is 8.30. The Labute approximate surface area is 176 Å². The Hall–Kier alpha value is -2.42. The highest BCUT2D eigenvalue weighted by Crippen LogP contribution is 2.33. The summed E-state index contributed by atoms with van der Waals surface area (Å²) in [7, 11) is 0. The average molecular weight is 435 g/mol. The molecule has 28 heavy (non-hydrogen) atoms. The van der Waals surface area contributed by atoms with Gasteiger partial charge in [-0.3, -0.25) is 4.79 Å². The van der Waals surface area contributed by atoms with Crippen molar-refractivity contribution in [2.24, 2.45) is 0 Å². The Morgan fingerprint density at radius 2 is 1.82 bits per heavy atom. The molecule has 1 aliphatic heterocycles. The molecule has 1 N–H and O–H groups in total. The Morgan fingerprint density at radius 3 is 2.57 bits per heavy atom. The molecule has 0 radical (unpaired) electrons. The van der Waals surface area contributed by atoms with E-state index in [1.54, 1.807) is 34.8 Å². The number of carbonyl (C=O) groups is 1. The number of carbonyl (C=O) groups excluding carboxylic acids is 1. The van der Waals surface area contributed by atoms with E-state index in [-0.39, 0.29) is 5.91 Å². The van der Waals surface area contributed by atoms with Gasteiger partial charge in [0.15, 0.2) is 5.13 Å². The smallest absolute Gasteiger partial charge is 0.273 e. The molecule has 10 heteroatoms. The molecule has 144 valence electrons. The fraction of sp³-hybridized carbons (Fsp3) is 0.222. The monoisotopic (exact) mass is 434 g/mol. The van der Waals surface area contributed by atoms with E-state index in [4.69, 9.17) is 23.2 Å². The number of nitrogens with one attached hydrogen (secondary N) is 1. The van der Waals surface area contributed by atoms with Crippen LogP contribution in [-0.4, -0.2) is 51.9 Å². The van der Waals surface area contributed by atoms with Crippen molar-refractivity contribution in [2.45, 2.75) is 0 Å². The number of anilines is 3. The van der Waals surface area contributed by atoms with Crippen LogP contribution in [0.25, 0.3) is 0 Å². The summed E-state index contributed by atoms with van der Waals surface area (Å²) in [6, 6.07) is 7.32. The van der Waals surface area contributed by atoms with Gasteiger partial charge >= 0.3 is 0 Å². The predicted octanol–water partition coefficient (Wildman–Crippen LogP) is 3.95. The minimum Gasteiger partial charge on any atom is -0.367 e. The number of halogens is 2. The molecule has 4 rings (SSSR count). The van der Waals surface area contributed by atoms with Crippen molar-refractivity contribution in [2.75, 3.05) is 36.4 Å². The van der Waals surface area contributed by atoms with Crippen LogP contribution in [0, 0.1) is 0 Å². The molecule has 3 aromatic rings. The molecule has 0 aliphatic carbocycles. The molecule has 1 aromatic carbocycles. The lowest BCUT2D eigenvalue weighted by Crippen LogP contribution is -2.49. The zero-order valence-electron chi connectivity index (χ0n) is 14.7. The fourth-order valence-corrected chi connectivity index (χ4v) is 4.03. The van der Waals surface area contributed by atoms with E-state index in [1.165, 1.54) is 11.3 Å². The van der Waals surface area contributed by atoms with Gasteiger partial charge in [-0.15, -0.1) is 11.3 Å². The van der Waals surface area contributed by atoms with Gasteiger partial charge in [0, 0.05) is 44.0 Å². The van der Waals surface area contributed by atoms with Crippen molar-refractivity contribution < 1.29 is 4.79 Å². The van der Waals surface area contributed by atoms with Crippen molar-refractivity contribution in [3.63, 3.8) is 0 Å². The summed E-state index contributed by atoms with van der Waals surface area (Å²) in [4.78, 5) is 29.3. The van der Waals surface area contributed by atoms with Crippen molar-refractivity contribution in [3.8, 4) is 0 Å². The first-order valence-electron chi connectivity index (χ1n) is 8.59. The first kappa shape index (κ1) is 18.9. The standard InChI is InChI=1S/C18H16Cl2N6OS/c19-12-3-1-4-14(15(12)20)25-7-9-26(10-8-25)16(27)13-11-28-18(23-13)24-17-21-5-2-6-22-17/h1-6,11H,7-10H2,(H,21,22,23,24). The number of piperazine rings is 1. The quantitative estimate of drug-likeness (QED) is 0.669. The van der Waals surface area contributed by atoms with Crippen LogP contribution >= 0.6 is 34.5 Å².